The molecular weight excluding hydrogens is 367 g/mol. The largest absolute Gasteiger partial charge is 0.471 e. The zero-order valence-electron chi connectivity index (χ0n) is 13.7. The van der Waals surface area contributed by atoms with Crippen molar-refractivity contribution in [3.63, 3.8) is 0 Å². The molecule has 7 nitrogen and oxygen atoms in total. The summed E-state index contributed by atoms with van der Waals surface area (Å²) in [5.74, 6) is -2.57. The minimum absolute atomic E-state index is 0.0852. The van der Waals surface area contributed by atoms with Crippen molar-refractivity contribution in [2.45, 2.75) is 18.5 Å². The second kappa shape index (κ2) is 6.22. The number of carbonyl (C=O) groups excluding carboxylic acids is 1. The summed E-state index contributed by atoms with van der Waals surface area (Å²) in [6.07, 6.45) is -4.36. The van der Waals surface area contributed by atoms with Gasteiger partial charge in [0.2, 0.25) is 0 Å². The van der Waals surface area contributed by atoms with Crippen LogP contribution in [0.5, 0.6) is 0 Å². The molecule has 1 atom stereocenters. The Morgan fingerprint density at radius 1 is 1.26 bits per heavy atom. The molecule has 0 aliphatic carbocycles. The minimum atomic E-state index is -4.72. The van der Waals surface area contributed by atoms with Gasteiger partial charge in [-0.25, -0.2) is 4.79 Å². The van der Waals surface area contributed by atoms with Crippen LogP contribution in [0, 0.1) is 0 Å². The summed E-state index contributed by atoms with van der Waals surface area (Å²) in [6.45, 7) is 0.341. The van der Waals surface area contributed by atoms with E-state index >= 15 is 0 Å². The third-order valence-electron chi connectivity index (χ3n) is 4.40. The highest BCUT2D eigenvalue weighted by Crippen LogP contribution is 2.31. The Hall–Kier alpha value is -3.17. The Labute approximate surface area is 149 Å². The summed E-state index contributed by atoms with van der Waals surface area (Å²) in [4.78, 5) is 29.5. The molecule has 3 aromatic rings. The Morgan fingerprint density at radius 3 is 2.78 bits per heavy atom. The first-order valence-electron chi connectivity index (χ1n) is 8.06. The summed E-state index contributed by atoms with van der Waals surface area (Å²) in [7, 11) is 0. The average molecular weight is 379 g/mol. The van der Waals surface area contributed by atoms with Crippen molar-refractivity contribution in [1.29, 1.82) is 0 Å². The first kappa shape index (κ1) is 17.3. The lowest BCUT2D eigenvalue weighted by molar-refractivity contribution is -0.159. The van der Waals surface area contributed by atoms with E-state index in [1.807, 2.05) is 0 Å². The molecule has 0 spiro atoms. The Kier molecular flexibility index (Phi) is 3.97. The van der Waals surface area contributed by atoms with Crippen molar-refractivity contribution >= 4 is 16.9 Å². The fourth-order valence-electron chi connectivity index (χ4n) is 3.05. The highest BCUT2D eigenvalue weighted by Gasteiger charge is 2.40. The van der Waals surface area contributed by atoms with Gasteiger partial charge in [-0.15, -0.1) is 0 Å². The van der Waals surface area contributed by atoms with Crippen molar-refractivity contribution in [2.75, 3.05) is 13.1 Å². The molecule has 10 heteroatoms. The van der Waals surface area contributed by atoms with E-state index in [1.165, 1.54) is 11.0 Å². The maximum absolute atomic E-state index is 12.7. The van der Waals surface area contributed by atoms with Crippen LogP contribution in [-0.4, -0.2) is 34.0 Å². The maximum Gasteiger partial charge on any atom is 0.471 e. The number of aromatic nitrogens is 2. The van der Waals surface area contributed by atoms with Gasteiger partial charge in [0, 0.05) is 24.4 Å². The summed E-state index contributed by atoms with van der Waals surface area (Å²) in [5.41, 5.74) is -0.524. The van der Waals surface area contributed by atoms with E-state index in [-0.39, 0.29) is 24.5 Å². The molecule has 1 saturated heterocycles. The lowest BCUT2D eigenvalue weighted by Gasteiger charge is -2.15. The molecule has 27 heavy (non-hydrogen) atoms. The zero-order chi connectivity index (χ0) is 19.2. The van der Waals surface area contributed by atoms with Crippen molar-refractivity contribution in [1.82, 2.24) is 15.0 Å². The van der Waals surface area contributed by atoms with Crippen molar-refractivity contribution < 1.29 is 26.9 Å². The van der Waals surface area contributed by atoms with Gasteiger partial charge < -0.3 is 13.8 Å². The molecule has 4 rings (SSSR count). The summed E-state index contributed by atoms with van der Waals surface area (Å²) in [5, 5.41) is 3.97. The van der Waals surface area contributed by atoms with Crippen LogP contribution < -0.4 is 5.63 Å². The molecule has 1 aromatic carbocycles. The molecule has 1 aliphatic rings. The molecule has 1 fully saturated rings. The van der Waals surface area contributed by atoms with Gasteiger partial charge in [-0.3, -0.25) is 4.79 Å². The molecule has 1 amide bonds. The van der Waals surface area contributed by atoms with Crippen LogP contribution in [0.1, 0.15) is 34.4 Å². The first-order valence-corrected chi connectivity index (χ1v) is 8.06. The van der Waals surface area contributed by atoms with Crippen molar-refractivity contribution in [2.24, 2.45) is 0 Å². The molecule has 2 aromatic heterocycles. The minimum Gasteiger partial charge on any atom is -0.422 e. The molecule has 0 saturated carbocycles. The Bertz CT molecular complexity index is 1070. The van der Waals surface area contributed by atoms with Gasteiger partial charge in [-0.1, -0.05) is 23.4 Å². The summed E-state index contributed by atoms with van der Waals surface area (Å²) >= 11 is 0. The van der Waals surface area contributed by atoms with Gasteiger partial charge in [-0.05, 0) is 18.6 Å². The average Bonchev–Trinajstić information content (AvgIpc) is 3.29. The van der Waals surface area contributed by atoms with E-state index in [0.717, 1.165) is 0 Å². The molecule has 3 heterocycles. The molecule has 0 N–H and O–H groups in total. The normalized spacial score (nSPS) is 17.6. The third kappa shape index (κ3) is 3.18. The van der Waals surface area contributed by atoms with Gasteiger partial charge in [0.25, 0.3) is 5.91 Å². The number of nitrogens with zero attached hydrogens (tertiary/aromatic N) is 3. The first-order chi connectivity index (χ1) is 12.8. The number of amides is 1. The number of hydrogen-bond donors (Lipinski definition) is 0. The van der Waals surface area contributed by atoms with E-state index in [0.29, 0.717) is 17.4 Å². The zero-order valence-corrected chi connectivity index (χ0v) is 13.7. The molecule has 0 bridgehead atoms. The topological polar surface area (TPSA) is 89.4 Å². The summed E-state index contributed by atoms with van der Waals surface area (Å²) < 4.78 is 47.1. The van der Waals surface area contributed by atoms with Gasteiger partial charge in [-0.2, -0.15) is 18.2 Å². The monoisotopic (exact) mass is 379 g/mol. The van der Waals surface area contributed by atoms with Crippen LogP contribution >= 0.6 is 0 Å². The standard InChI is InChI=1S/C17H12F3N3O4/c18-17(19,20)16-21-13(22-27-16)10-5-6-23(8-10)14(24)11-7-9-3-1-2-4-12(9)26-15(11)25/h1-4,7,10H,5-6,8H2. The van der Waals surface area contributed by atoms with E-state index in [2.05, 4.69) is 14.7 Å². The molecule has 1 unspecified atom stereocenters. The highest BCUT2D eigenvalue weighted by atomic mass is 19.4. The van der Waals surface area contributed by atoms with Crippen LogP contribution in [0.2, 0.25) is 0 Å². The Morgan fingerprint density at radius 2 is 2.04 bits per heavy atom. The van der Waals surface area contributed by atoms with Crippen LogP contribution in [0.3, 0.4) is 0 Å². The van der Waals surface area contributed by atoms with Crippen molar-refractivity contribution in [3.8, 4) is 0 Å². The molecular formula is C17H12F3N3O4. The van der Waals surface area contributed by atoms with Crippen LogP contribution in [0.4, 0.5) is 13.2 Å². The number of hydrogen-bond acceptors (Lipinski definition) is 6. The predicted octanol–water partition coefficient (Wildman–Crippen LogP) is 2.82. The second-order valence-electron chi connectivity index (χ2n) is 6.18. The predicted molar refractivity (Wildman–Crippen MR) is 85.0 cm³/mol. The van der Waals surface area contributed by atoms with E-state index in [9.17, 15) is 22.8 Å². The number of carbonyl (C=O) groups is 1. The van der Waals surface area contributed by atoms with Crippen LogP contribution in [0.25, 0.3) is 11.0 Å². The fraction of sp³-hybridized carbons (Fsp3) is 0.294. The number of benzene rings is 1. The van der Waals surface area contributed by atoms with Crippen molar-refractivity contribution in [3.05, 3.63) is 58.0 Å². The van der Waals surface area contributed by atoms with Gasteiger partial charge in [0.05, 0.1) is 0 Å². The lowest BCUT2D eigenvalue weighted by Crippen LogP contribution is -2.32. The number of likely N-dealkylation sites (tertiary alicyclic amines) is 1. The Balaban J connectivity index is 1.55. The van der Waals surface area contributed by atoms with Gasteiger partial charge in [0.1, 0.15) is 11.1 Å². The number of alkyl halides is 3. The third-order valence-corrected chi connectivity index (χ3v) is 4.40. The SMILES string of the molecule is O=C(c1cc2ccccc2oc1=O)N1CCC(c2noc(C(F)(F)F)n2)C1. The van der Waals surface area contributed by atoms with E-state index in [1.54, 1.807) is 24.3 Å². The van der Waals surface area contributed by atoms with E-state index in [4.69, 9.17) is 4.42 Å². The fourth-order valence-corrected chi connectivity index (χ4v) is 3.05. The smallest absolute Gasteiger partial charge is 0.422 e. The molecule has 140 valence electrons. The lowest BCUT2D eigenvalue weighted by atomic mass is 10.1. The van der Waals surface area contributed by atoms with Crippen LogP contribution in [-0.2, 0) is 6.18 Å². The molecule has 1 aliphatic heterocycles. The number of para-hydroxylation sites is 1. The number of fused-ring (bicyclic) bond motifs is 1. The molecule has 0 radical (unpaired) electrons. The number of halogens is 3. The van der Waals surface area contributed by atoms with Gasteiger partial charge >= 0.3 is 17.7 Å². The number of rotatable bonds is 2. The summed E-state index contributed by atoms with van der Waals surface area (Å²) in [6, 6.07) is 8.23. The highest BCUT2D eigenvalue weighted by molar-refractivity contribution is 5.96. The van der Waals surface area contributed by atoms with E-state index < -0.39 is 29.5 Å². The van der Waals surface area contributed by atoms with Crippen LogP contribution in [0.15, 0.2) is 44.1 Å². The van der Waals surface area contributed by atoms with Gasteiger partial charge in [0.15, 0.2) is 5.82 Å². The quantitative estimate of drug-likeness (QED) is 0.636. The second-order valence-corrected chi connectivity index (χ2v) is 6.18. The maximum atomic E-state index is 12.7.